The van der Waals surface area contributed by atoms with E-state index in [4.69, 9.17) is 10.2 Å². The minimum atomic E-state index is -3.49. The van der Waals surface area contributed by atoms with Crippen molar-refractivity contribution in [3.8, 4) is 11.5 Å². The van der Waals surface area contributed by atoms with Crippen molar-refractivity contribution < 1.29 is 12.8 Å². The quantitative estimate of drug-likeness (QED) is 0.473. The number of nitrogens with one attached hydrogen (secondary N) is 1. The van der Waals surface area contributed by atoms with Crippen LogP contribution in [0, 0.1) is 11.8 Å². The molecule has 4 rings (SSSR count). The third-order valence-electron chi connectivity index (χ3n) is 6.55. The number of sulfonamides is 1. The molecule has 1 fully saturated rings. The fraction of sp³-hybridized carbons (Fsp3) is 0.440. The van der Waals surface area contributed by atoms with Crippen LogP contribution in [-0.4, -0.2) is 37.7 Å². The largest absolute Gasteiger partial charge is 0.439 e. The SMILES string of the molecule is C[C@H](Nc1cc(-c2ncc([C@](C)(N)Cc3ccccc3)o2)cc(N(C)S(C)(=O)=O)n1)[C@H]1C[C@@H]1C. The normalized spacial score (nSPS) is 20.4. The minimum absolute atomic E-state index is 0.215. The van der Waals surface area contributed by atoms with E-state index in [9.17, 15) is 8.42 Å². The van der Waals surface area contributed by atoms with Gasteiger partial charge in [0.05, 0.1) is 18.0 Å². The molecule has 9 heteroatoms. The summed E-state index contributed by atoms with van der Waals surface area (Å²) in [5, 5.41) is 3.43. The van der Waals surface area contributed by atoms with Crippen molar-refractivity contribution in [2.24, 2.45) is 17.6 Å². The molecule has 3 aromatic rings. The van der Waals surface area contributed by atoms with Crippen molar-refractivity contribution in [3.05, 3.63) is 60.0 Å². The van der Waals surface area contributed by atoms with Crippen LogP contribution in [0.4, 0.5) is 11.6 Å². The van der Waals surface area contributed by atoms with Crippen LogP contribution in [0.1, 0.15) is 38.5 Å². The van der Waals surface area contributed by atoms with Crippen molar-refractivity contribution in [3.63, 3.8) is 0 Å². The lowest BCUT2D eigenvalue weighted by atomic mass is 9.92. The molecular weight excluding hydrogens is 450 g/mol. The Hall–Kier alpha value is -2.91. The summed E-state index contributed by atoms with van der Waals surface area (Å²) >= 11 is 0. The molecule has 1 saturated carbocycles. The Balaban J connectivity index is 1.66. The van der Waals surface area contributed by atoms with Gasteiger partial charge in [-0.1, -0.05) is 37.3 Å². The Labute approximate surface area is 201 Å². The van der Waals surface area contributed by atoms with Gasteiger partial charge >= 0.3 is 0 Å². The van der Waals surface area contributed by atoms with E-state index in [0.29, 0.717) is 41.3 Å². The Kier molecular flexibility index (Phi) is 6.44. The average Bonchev–Trinajstić information content (AvgIpc) is 3.29. The highest BCUT2D eigenvalue weighted by Gasteiger charge is 2.37. The van der Waals surface area contributed by atoms with Crippen LogP contribution >= 0.6 is 0 Å². The lowest BCUT2D eigenvalue weighted by Gasteiger charge is -2.22. The van der Waals surface area contributed by atoms with Crippen molar-refractivity contribution in [1.29, 1.82) is 0 Å². The molecule has 3 N–H and O–H groups in total. The van der Waals surface area contributed by atoms with Crippen molar-refractivity contribution >= 4 is 21.7 Å². The molecule has 182 valence electrons. The zero-order chi connectivity index (χ0) is 24.7. The van der Waals surface area contributed by atoms with E-state index >= 15 is 0 Å². The summed E-state index contributed by atoms with van der Waals surface area (Å²) in [7, 11) is -2.01. The summed E-state index contributed by atoms with van der Waals surface area (Å²) in [6.45, 7) is 6.25. The van der Waals surface area contributed by atoms with Crippen molar-refractivity contribution in [2.45, 2.75) is 45.2 Å². The van der Waals surface area contributed by atoms with E-state index in [0.717, 1.165) is 16.1 Å². The topological polar surface area (TPSA) is 114 Å². The summed E-state index contributed by atoms with van der Waals surface area (Å²) in [5.74, 6) is 3.03. The number of rotatable bonds is 9. The molecule has 4 atom stereocenters. The van der Waals surface area contributed by atoms with Gasteiger partial charge < -0.3 is 15.5 Å². The fourth-order valence-electron chi connectivity index (χ4n) is 4.21. The van der Waals surface area contributed by atoms with Crippen LogP contribution < -0.4 is 15.4 Å². The number of anilines is 2. The fourth-order valence-corrected chi connectivity index (χ4v) is 4.64. The highest BCUT2D eigenvalue weighted by molar-refractivity contribution is 7.92. The second-order valence-corrected chi connectivity index (χ2v) is 11.8. The number of nitrogens with zero attached hydrogens (tertiary/aromatic N) is 3. The third-order valence-corrected chi connectivity index (χ3v) is 7.73. The van der Waals surface area contributed by atoms with E-state index in [1.165, 1.54) is 13.5 Å². The first-order valence-corrected chi connectivity index (χ1v) is 13.3. The lowest BCUT2D eigenvalue weighted by Crippen LogP contribution is -2.35. The highest BCUT2D eigenvalue weighted by atomic mass is 32.2. The molecule has 0 radical (unpaired) electrons. The summed E-state index contributed by atoms with van der Waals surface area (Å²) < 4.78 is 31.6. The Morgan fingerprint density at radius 1 is 1.29 bits per heavy atom. The predicted molar refractivity (Wildman–Crippen MR) is 135 cm³/mol. The smallest absolute Gasteiger partial charge is 0.233 e. The third kappa shape index (κ3) is 5.42. The van der Waals surface area contributed by atoms with Crippen molar-refractivity contribution in [2.75, 3.05) is 22.9 Å². The van der Waals surface area contributed by atoms with Crippen LogP contribution in [-0.2, 0) is 22.0 Å². The van der Waals surface area contributed by atoms with Gasteiger partial charge in [0, 0.05) is 18.7 Å². The maximum atomic E-state index is 12.2. The summed E-state index contributed by atoms with van der Waals surface area (Å²) in [4.78, 5) is 9.02. The first-order valence-electron chi connectivity index (χ1n) is 11.5. The number of hydrogen-bond donors (Lipinski definition) is 2. The van der Waals surface area contributed by atoms with E-state index in [1.807, 2.05) is 43.3 Å². The van der Waals surface area contributed by atoms with Gasteiger partial charge in [-0.2, -0.15) is 0 Å². The van der Waals surface area contributed by atoms with Crippen LogP contribution in [0.2, 0.25) is 0 Å². The van der Waals surface area contributed by atoms with Gasteiger partial charge in [0.15, 0.2) is 0 Å². The van der Waals surface area contributed by atoms with Crippen LogP contribution in [0.15, 0.2) is 53.1 Å². The van der Waals surface area contributed by atoms with Gasteiger partial charge in [-0.15, -0.1) is 0 Å². The van der Waals surface area contributed by atoms with Crippen LogP contribution in [0.5, 0.6) is 0 Å². The number of hydrogen-bond acceptors (Lipinski definition) is 7. The molecule has 34 heavy (non-hydrogen) atoms. The maximum absolute atomic E-state index is 12.2. The molecule has 0 aliphatic heterocycles. The Bertz CT molecular complexity index is 1260. The molecule has 0 bridgehead atoms. The molecule has 1 aliphatic rings. The second kappa shape index (κ2) is 9.03. The van der Waals surface area contributed by atoms with E-state index in [2.05, 4.69) is 29.1 Å². The van der Waals surface area contributed by atoms with Gasteiger partial charge in [-0.05, 0) is 56.2 Å². The van der Waals surface area contributed by atoms with Gasteiger partial charge in [-0.25, -0.2) is 18.4 Å². The number of benzene rings is 1. The molecular formula is C25H33N5O3S. The van der Waals surface area contributed by atoms with Gasteiger partial charge in [0.1, 0.15) is 17.4 Å². The van der Waals surface area contributed by atoms with E-state index in [-0.39, 0.29) is 11.9 Å². The molecule has 0 unspecified atom stereocenters. The number of aromatic nitrogens is 2. The van der Waals surface area contributed by atoms with Gasteiger partial charge in [-0.3, -0.25) is 4.31 Å². The number of pyridine rings is 1. The standard InChI is InChI=1S/C25H33N5O3S/c1-16-11-20(16)17(2)28-22-12-19(13-23(29-22)30(4)34(5,31)32)24-27-15-21(33-24)25(3,26)14-18-9-7-6-8-10-18/h6-10,12-13,15-17,20H,11,14,26H2,1-5H3,(H,28,29)/t16-,17-,20-,25+/m0/s1. The Morgan fingerprint density at radius 3 is 2.59 bits per heavy atom. The molecule has 0 amide bonds. The first-order chi connectivity index (χ1) is 15.9. The Morgan fingerprint density at radius 2 is 1.97 bits per heavy atom. The average molecular weight is 484 g/mol. The van der Waals surface area contributed by atoms with Gasteiger partial charge in [0.25, 0.3) is 0 Å². The molecule has 1 aromatic carbocycles. The van der Waals surface area contributed by atoms with Gasteiger partial charge in [0.2, 0.25) is 15.9 Å². The van der Waals surface area contributed by atoms with Crippen LogP contribution in [0.25, 0.3) is 11.5 Å². The minimum Gasteiger partial charge on any atom is -0.439 e. The van der Waals surface area contributed by atoms with E-state index < -0.39 is 15.6 Å². The van der Waals surface area contributed by atoms with Crippen LogP contribution in [0.3, 0.4) is 0 Å². The number of nitrogens with two attached hydrogens (primary N) is 1. The summed E-state index contributed by atoms with van der Waals surface area (Å²) in [6, 6.07) is 13.7. The molecule has 1 aliphatic carbocycles. The highest BCUT2D eigenvalue weighted by Crippen LogP contribution is 2.41. The van der Waals surface area contributed by atoms with E-state index in [1.54, 1.807) is 12.3 Å². The molecule has 0 saturated heterocycles. The maximum Gasteiger partial charge on any atom is 0.233 e. The summed E-state index contributed by atoms with van der Waals surface area (Å²) in [6.07, 6.45) is 4.55. The summed E-state index contributed by atoms with van der Waals surface area (Å²) in [5.41, 5.74) is 7.56. The number of oxazole rings is 1. The second-order valence-electron chi connectivity index (χ2n) is 9.75. The molecule has 8 nitrogen and oxygen atoms in total. The monoisotopic (exact) mass is 483 g/mol. The molecule has 2 heterocycles. The first kappa shape index (κ1) is 24.2. The zero-order valence-electron chi connectivity index (χ0n) is 20.3. The molecule has 2 aromatic heterocycles. The lowest BCUT2D eigenvalue weighted by molar-refractivity contribution is 0.371. The van der Waals surface area contributed by atoms with Crippen molar-refractivity contribution in [1.82, 2.24) is 9.97 Å². The predicted octanol–water partition coefficient (Wildman–Crippen LogP) is 4.01. The zero-order valence-corrected chi connectivity index (χ0v) is 21.1. The molecule has 0 spiro atoms.